The van der Waals surface area contributed by atoms with Crippen molar-refractivity contribution in [2.45, 2.75) is 13.5 Å². The number of methoxy groups -OCH3 is 1. The molecular weight excluding hydrogens is 202 g/mol. The monoisotopic (exact) mass is 223 g/mol. The third-order valence-corrected chi connectivity index (χ3v) is 2.51. The molecule has 16 heavy (non-hydrogen) atoms. The average Bonchev–Trinajstić information content (AvgIpc) is 2.28. The molecule has 0 bridgehead atoms. The predicted octanol–water partition coefficient (Wildman–Crippen LogP) is 1.19. The second kappa shape index (κ2) is 6.45. The van der Waals surface area contributed by atoms with Gasteiger partial charge in [-0.2, -0.15) is 0 Å². The minimum Gasteiger partial charge on any atom is -0.383 e. The van der Waals surface area contributed by atoms with Crippen molar-refractivity contribution in [3.8, 4) is 0 Å². The van der Waals surface area contributed by atoms with Gasteiger partial charge in [0, 0.05) is 50.4 Å². The minimum absolute atomic E-state index is 0.733. The number of aromatic nitrogens is 1. The number of likely N-dealkylation sites (N-methyl/N-ethyl adjacent to an activating group) is 1. The van der Waals surface area contributed by atoms with Crippen LogP contribution in [0.3, 0.4) is 0 Å². The molecule has 4 heteroatoms. The Labute approximate surface area is 97.6 Å². The molecule has 0 aliphatic carbocycles. The lowest BCUT2D eigenvalue weighted by atomic mass is 10.2. The Morgan fingerprint density at radius 2 is 2.25 bits per heavy atom. The Bertz CT molecular complexity index is 328. The minimum atomic E-state index is 0.733. The first-order chi connectivity index (χ1) is 7.69. The van der Waals surface area contributed by atoms with E-state index in [1.165, 1.54) is 11.3 Å². The molecule has 1 aromatic heterocycles. The fraction of sp³-hybridized carbons (Fsp3) is 0.583. The van der Waals surface area contributed by atoms with E-state index in [9.17, 15) is 0 Å². The molecule has 1 aromatic rings. The number of hydrogen-bond acceptors (Lipinski definition) is 4. The molecule has 0 aromatic carbocycles. The van der Waals surface area contributed by atoms with Crippen LogP contribution < -0.4 is 10.2 Å². The van der Waals surface area contributed by atoms with Crippen LogP contribution in [0.5, 0.6) is 0 Å². The number of rotatable bonds is 6. The highest BCUT2D eigenvalue weighted by Crippen LogP contribution is 2.19. The van der Waals surface area contributed by atoms with Gasteiger partial charge in [0.25, 0.3) is 0 Å². The molecule has 0 saturated carbocycles. The quantitative estimate of drug-likeness (QED) is 0.786. The third kappa shape index (κ3) is 3.47. The van der Waals surface area contributed by atoms with Gasteiger partial charge in [-0.25, -0.2) is 0 Å². The van der Waals surface area contributed by atoms with E-state index in [1.54, 1.807) is 7.11 Å². The Kier molecular flexibility index (Phi) is 5.22. The summed E-state index contributed by atoms with van der Waals surface area (Å²) in [6.45, 7) is 4.46. The van der Waals surface area contributed by atoms with Gasteiger partial charge in [0.15, 0.2) is 0 Å². The van der Waals surface area contributed by atoms with Crippen molar-refractivity contribution in [2.75, 3.05) is 39.3 Å². The second-order valence-corrected chi connectivity index (χ2v) is 3.90. The van der Waals surface area contributed by atoms with Crippen LogP contribution in [0.1, 0.15) is 11.3 Å². The molecule has 0 amide bonds. The summed E-state index contributed by atoms with van der Waals surface area (Å²) < 4.78 is 5.09. The molecule has 1 heterocycles. The number of ether oxygens (including phenoxy) is 1. The van der Waals surface area contributed by atoms with E-state index in [1.807, 2.05) is 20.2 Å². The van der Waals surface area contributed by atoms with Crippen molar-refractivity contribution in [1.29, 1.82) is 0 Å². The highest BCUT2D eigenvalue weighted by Gasteiger charge is 2.07. The van der Waals surface area contributed by atoms with Crippen molar-refractivity contribution < 1.29 is 4.74 Å². The lowest BCUT2D eigenvalue weighted by molar-refractivity contribution is 0.206. The van der Waals surface area contributed by atoms with Crippen molar-refractivity contribution in [2.24, 2.45) is 0 Å². The van der Waals surface area contributed by atoms with E-state index in [0.717, 1.165) is 25.4 Å². The van der Waals surface area contributed by atoms with Crippen molar-refractivity contribution in [1.82, 2.24) is 10.3 Å². The molecule has 0 aliphatic rings. The van der Waals surface area contributed by atoms with Gasteiger partial charge in [-0.1, -0.05) is 0 Å². The largest absolute Gasteiger partial charge is 0.383 e. The molecule has 90 valence electrons. The zero-order chi connectivity index (χ0) is 12.0. The molecule has 1 N–H and O–H groups in total. The van der Waals surface area contributed by atoms with Crippen LogP contribution in [0.2, 0.25) is 0 Å². The number of nitrogens with zero attached hydrogens (tertiary/aromatic N) is 2. The maximum absolute atomic E-state index is 5.09. The zero-order valence-electron chi connectivity index (χ0n) is 10.6. The number of aryl methyl sites for hydroxylation is 1. The topological polar surface area (TPSA) is 37.4 Å². The summed E-state index contributed by atoms with van der Waals surface area (Å²) in [5.74, 6) is 0. The normalized spacial score (nSPS) is 10.5. The van der Waals surface area contributed by atoms with Crippen LogP contribution in [0, 0.1) is 6.92 Å². The van der Waals surface area contributed by atoms with E-state index in [-0.39, 0.29) is 0 Å². The smallest absolute Gasteiger partial charge is 0.0637 e. The molecule has 1 rings (SSSR count). The summed E-state index contributed by atoms with van der Waals surface area (Å²) in [4.78, 5) is 6.52. The summed E-state index contributed by atoms with van der Waals surface area (Å²) in [6, 6.07) is 2.11. The fourth-order valence-corrected chi connectivity index (χ4v) is 1.60. The molecule has 0 radical (unpaired) electrons. The Morgan fingerprint density at radius 1 is 1.50 bits per heavy atom. The van der Waals surface area contributed by atoms with Crippen LogP contribution in [-0.2, 0) is 11.3 Å². The summed E-state index contributed by atoms with van der Waals surface area (Å²) in [5, 5.41) is 3.16. The van der Waals surface area contributed by atoms with Crippen molar-refractivity contribution in [3.63, 3.8) is 0 Å². The van der Waals surface area contributed by atoms with Crippen molar-refractivity contribution >= 4 is 5.69 Å². The number of anilines is 1. The van der Waals surface area contributed by atoms with E-state index < -0.39 is 0 Å². The van der Waals surface area contributed by atoms with Crippen LogP contribution in [0.25, 0.3) is 0 Å². The van der Waals surface area contributed by atoms with E-state index >= 15 is 0 Å². The van der Waals surface area contributed by atoms with Gasteiger partial charge in [-0.3, -0.25) is 4.98 Å². The van der Waals surface area contributed by atoms with Gasteiger partial charge in [-0.15, -0.1) is 0 Å². The highest BCUT2D eigenvalue weighted by atomic mass is 16.5. The Morgan fingerprint density at radius 3 is 2.88 bits per heavy atom. The fourth-order valence-electron chi connectivity index (χ4n) is 1.60. The summed E-state index contributed by atoms with van der Waals surface area (Å²) >= 11 is 0. The molecule has 4 nitrogen and oxygen atoms in total. The molecule has 0 unspecified atom stereocenters. The zero-order valence-corrected chi connectivity index (χ0v) is 10.6. The van der Waals surface area contributed by atoms with Crippen LogP contribution >= 0.6 is 0 Å². The second-order valence-electron chi connectivity index (χ2n) is 3.90. The standard InChI is InChI=1S/C12H21N3O/c1-10-7-12(15(3)5-6-16-4)11(8-13-2)9-14-10/h7,9,13H,5-6,8H2,1-4H3. The molecule has 0 saturated heterocycles. The van der Waals surface area contributed by atoms with Gasteiger partial charge in [0.1, 0.15) is 0 Å². The van der Waals surface area contributed by atoms with Gasteiger partial charge in [0.05, 0.1) is 6.61 Å². The predicted molar refractivity (Wildman–Crippen MR) is 66.9 cm³/mol. The first-order valence-electron chi connectivity index (χ1n) is 5.49. The molecule has 0 fully saturated rings. The van der Waals surface area contributed by atoms with E-state index in [0.29, 0.717) is 0 Å². The third-order valence-electron chi connectivity index (χ3n) is 2.51. The Hall–Kier alpha value is -1.13. The van der Waals surface area contributed by atoms with Crippen molar-refractivity contribution in [3.05, 3.63) is 23.5 Å². The van der Waals surface area contributed by atoms with Gasteiger partial charge in [-0.05, 0) is 20.0 Å². The van der Waals surface area contributed by atoms with E-state index in [4.69, 9.17) is 4.74 Å². The van der Waals surface area contributed by atoms with Gasteiger partial charge < -0.3 is 15.0 Å². The molecule has 0 aliphatic heterocycles. The first kappa shape index (κ1) is 12.9. The maximum atomic E-state index is 5.09. The lowest BCUT2D eigenvalue weighted by Crippen LogP contribution is -2.24. The first-order valence-corrected chi connectivity index (χ1v) is 5.49. The maximum Gasteiger partial charge on any atom is 0.0637 e. The average molecular weight is 223 g/mol. The van der Waals surface area contributed by atoms with Crippen LogP contribution in [0.4, 0.5) is 5.69 Å². The summed E-state index contributed by atoms with van der Waals surface area (Å²) in [6.07, 6.45) is 1.93. The molecule has 0 spiro atoms. The Balaban J connectivity index is 2.85. The number of pyridine rings is 1. The number of nitrogens with one attached hydrogen (secondary N) is 1. The highest BCUT2D eigenvalue weighted by molar-refractivity contribution is 5.53. The summed E-state index contributed by atoms with van der Waals surface area (Å²) in [7, 11) is 5.74. The van der Waals surface area contributed by atoms with Gasteiger partial charge >= 0.3 is 0 Å². The van der Waals surface area contributed by atoms with Gasteiger partial charge in [0.2, 0.25) is 0 Å². The summed E-state index contributed by atoms with van der Waals surface area (Å²) in [5.41, 5.74) is 3.48. The van der Waals surface area contributed by atoms with E-state index in [2.05, 4.69) is 28.3 Å². The number of hydrogen-bond donors (Lipinski definition) is 1. The lowest BCUT2D eigenvalue weighted by Gasteiger charge is -2.22. The molecular formula is C12H21N3O. The SMILES string of the molecule is CNCc1cnc(C)cc1N(C)CCOC. The van der Waals surface area contributed by atoms with Crippen LogP contribution in [-0.4, -0.2) is 39.3 Å². The molecule has 0 atom stereocenters. The van der Waals surface area contributed by atoms with Crippen LogP contribution in [0.15, 0.2) is 12.3 Å².